The predicted molar refractivity (Wildman–Crippen MR) is 91.1 cm³/mol. The molecule has 3 aromatic rings. The van der Waals surface area contributed by atoms with Crippen LogP contribution in [0.3, 0.4) is 0 Å². The third-order valence-electron chi connectivity index (χ3n) is 3.45. The van der Waals surface area contributed by atoms with Gasteiger partial charge in [-0.25, -0.2) is 0 Å². The fraction of sp³-hybridized carbons (Fsp3) is 0.133. The fourth-order valence-corrected chi connectivity index (χ4v) is 2.68. The quantitative estimate of drug-likeness (QED) is 0.659. The molecule has 0 fully saturated rings. The van der Waals surface area contributed by atoms with Crippen molar-refractivity contribution < 1.29 is 4.79 Å². The summed E-state index contributed by atoms with van der Waals surface area (Å²) in [6.45, 7) is 0.552. The normalized spacial score (nSPS) is 10.9. The first-order valence-corrected chi connectivity index (χ1v) is 7.62. The van der Waals surface area contributed by atoms with Gasteiger partial charge in [-0.15, -0.1) is 10.2 Å². The largest absolute Gasteiger partial charge is 0.368 e. The van der Waals surface area contributed by atoms with Gasteiger partial charge in [-0.05, 0) is 36.2 Å². The number of anilines is 1. The number of benzene rings is 1. The Hall–Kier alpha value is -2.31. The summed E-state index contributed by atoms with van der Waals surface area (Å²) in [7, 11) is 0. The van der Waals surface area contributed by atoms with Crippen LogP contribution in [-0.2, 0) is 6.42 Å². The number of amides is 1. The van der Waals surface area contributed by atoms with Gasteiger partial charge in [-0.2, -0.15) is 0 Å². The number of carbonyl (C=O) groups excluding carboxylic acids is 1. The molecule has 0 spiro atoms. The molecular weight excluding hydrogens is 337 g/mol. The Labute approximate surface area is 142 Å². The van der Waals surface area contributed by atoms with Crippen LogP contribution in [0.4, 0.5) is 5.82 Å². The number of fused-ring (bicyclic) bond motifs is 1. The Morgan fingerprint density at radius 3 is 2.87 bits per heavy atom. The maximum Gasteiger partial charge on any atom is 0.252 e. The van der Waals surface area contributed by atoms with Gasteiger partial charge < -0.3 is 16.0 Å². The van der Waals surface area contributed by atoms with Gasteiger partial charge in [-0.3, -0.25) is 4.79 Å². The summed E-state index contributed by atoms with van der Waals surface area (Å²) in [4.78, 5) is 14.6. The van der Waals surface area contributed by atoms with Crippen molar-refractivity contribution in [3.05, 3.63) is 51.8 Å². The maximum absolute atomic E-state index is 11.4. The number of nitrogens with one attached hydrogen (secondary N) is 2. The molecule has 8 heteroatoms. The molecule has 0 aliphatic rings. The van der Waals surface area contributed by atoms with Crippen molar-refractivity contribution in [1.29, 1.82) is 0 Å². The second kappa shape index (κ2) is 6.44. The minimum absolute atomic E-state index is 0.121. The van der Waals surface area contributed by atoms with E-state index in [9.17, 15) is 4.79 Å². The molecule has 23 heavy (non-hydrogen) atoms. The van der Waals surface area contributed by atoms with Crippen molar-refractivity contribution in [2.24, 2.45) is 5.73 Å². The van der Waals surface area contributed by atoms with Gasteiger partial charge in [0.2, 0.25) is 0 Å². The van der Waals surface area contributed by atoms with Gasteiger partial charge in [0.15, 0.2) is 11.0 Å². The third-order valence-corrected chi connectivity index (χ3v) is 3.87. The number of aromatic nitrogens is 3. The van der Waals surface area contributed by atoms with Crippen molar-refractivity contribution in [3.63, 3.8) is 0 Å². The Morgan fingerprint density at radius 1 is 1.26 bits per heavy atom. The van der Waals surface area contributed by atoms with Crippen LogP contribution >= 0.6 is 23.2 Å². The highest BCUT2D eigenvalue weighted by atomic mass is 35.5. The number of hydrogen-bond acceptors (Lipinski definition) is 4. The average molecular weight is 350 g/mol. The van der Waals surface area contributed by atoms with Crippen molar-refractivity contribution in [2.45, 2.75) is 6.42 Å². The summed E-state index contributed by atoms with van der Waals surface area (Å²) >= 11 is 11.8. The van der Waals surface area contributed by atoms with E-state index in [-0.39, 0.29) is 10.7 Å². The molecule has 4 N–H and O–H groups in total. The van der Waals surface area contributed by atoms with E-state index in [2.05, 4.69) is 20.5 Å². The Balaban J connectivity index is 1.74. The number of nitrogens with two attached hydrogens (primary N) is 1. The van der Waals surface area contributed by atoms with Gasteiger partial charge in [0.25, 0.3) is 5.91 Å². The summed E-state index contributed by atoms with van der Waals surface area (Å²) in [5.41, 5.74) is 7.66. The van der Waals surface area contributed by atoms with Gasteiger partial charge in [0.1, 0.15) is 0 Å². The molecule has 2 heterocycles. The summed E-state index contributed by atoms with van der Waals surface area (Å²) < 4.78 is 0. The molecule has 1 amide bonds. The number of primary amides is 1. The fourth-order valence-electron chi connectivity index (χ4n) is 2.36. The number of carbonyl (C=O) groups is 1. The minimum Gasteiger partial charge on any atom is -0.368 e. The number of rotatable bonds is 5. The van der Waals surface area contributed by atoms with Crippen LogP contribution < -0.4 is 11.1 Å². The van der Waals surface area contributed by atoms with E-state index < -0.39 is 5.91 Å². The number of halogens is 2. The average Bonchev–Trinajstić information content (AvgIpc) is 2.91. The van der Waals surface area contributed by atoms with Gasteiger partial charge >= 0.3 is 0 Å². The first-order chi connectivity index (χ1) is 11.0. The van der Waals surface area contributed by atoms with Crippen molar-refractivity contribution >= 4 is 45.8 Å². The van der Waals surface area contributed by atoms with Crippen LogP contribution in [0.15, 0.2) is 30.5 Å². The van der Waals surface area contributed by atoms with Crippen molar-refractivity contribution in [1.82, 2.24) is 15.2 Å². The summed E-state index contributed by atoms with van der Waals surface area (Å²) in [5.74, 6) is -0.289. The first-order valence-electron chi connectivity index (χ1n) is 6.87. The zero-order valence-electron chi connectivity index (χ0n) is 11.9. The number of hydrogen-bond donors (Lipinski definition) is 3. The SMILES string of the molecule is NC(=O)c1cc(Cl)nnc1NCCc1c[nH]c2ccc(Cl)cc12. The zero-order chi connectivity index (χ0) is 16.4. The smallest absolute Gasteiger partial charge is 0.252 e. The van der Waals surface area contributed by atoms with Crippen LogP contribution in [0.5, 0.6) is 0 Å². The molecule has 3 rings (SSSR count). The predicted octanol–water partition coefficient (Wildman–Crippen LogP) is 3.02. The molecule has 0 saturated carbocycles. The molecule has 1 aromatic carbocycles. The molecule has 0 atom stereocenters. The first kappa shape index (κ1) is 15.6. The number of nitrogens with zero attached hydrogens (tertiary/aromatic N) is 2. The molecule has 0 aliphatic carbocycles. The van der Waals surface area contributed by atoms with E-state index in [0.29, 0.717) is 23.8 Å². The molecule has 0 radical (unpaired) electrons. The van der Waals surface area contributed by atoms with Crippen molar-refractivity contribution in [3.8, 4) is 0 Å². The standard InChI is InChI=1S/C15H13Cl2N5O/c16-9-1-2-12-10(5-9)8(7-20-12)3-4-19-15-11(14(18)23)6-13(17)21-22-15/h1-2,5-7,20H,3-4H2,(H2,18,23)(H,19,22). The molecule has 118 valence electrons. The van der Waals surface area contributed by atoms with Crippen LogP contribution in [-0.4, -0.2) is 27.6 Å². The second-order valence-electron chi connectivity index (χ2n) is 4.97. The minimum atomic E-state index is -0.608. The molecule has 2 aromatic heterocycles. The summed E-state index contributed by atoms with van der Waals surface area (Å²) in [6.07, 6.45) is 2.65. The number of H-pyrrole nitrogens is 1. The Bertz CT molecular complexity index is 877. The molecule has 0 aliphatic heterocycles. The topological polar surface area (TPSA) is 96.7 Å². The highest BCUT2D eigenvalue weighted by Crippen LogP contribution is 2.23. The monoisotopic (exact) mass is 349 g/mol. The summed E-state index contributed by atoms with van der Waals surface area (Å²) in [6, 6.07) is 7.08. The highest BCUT2D eigenvalue weighted by molar-refractivity contribution is 6.31. The van der Waals surface area contributed by atoms with E-state index in [1.165, 1.54) is 6.07 Å². The third kappa shape index (κ3) is 3.38. The van der Waals surface area contributed by atoms with Crippen molar-refractivity contribution in [2.75, 3.05) is 11.9 Å². The molecule has 0 unspecified atom stereocenters. The van der Waals surface area contributed by atoms with Crippen LogP contribution in [0, 0.1) is 0 Å². The van der Waals surface area contributed by atoms with Gasteiger partial charge in [0, 0.05) is 28.7 Å². The molecule has 6 nitrogen and oxygen atoms in total. The Morgan fingerprint density at radius 2 is 2.09 bits per heavy atom. The number of aromatic amines is 1. The molecule has 0 saturated heterocycles. The van der Waals surface area contributed by atoms with Crippen LogP contribution in [0.1, 0.15) is 15.9 Å². The van der Waals surface area contributed by atoms with Crippen LogP contribution in [0.2, 0.25) is 10.2 Å². The van der Waals surface area contributed by atoms with E-state index in [1.54, 1.807) is 0 Å². The van der Waals surface area contributed by atoms with E-state index in [0.717, 1.165) is 16.5 Å². The lowest BCUT2D eigenvalue weighted by atomic mass is 10.1. The second-order valence-corrected chi connectivity index (χ2v) is 5.80. The van der Waals surface area contributed by atoms with Gasteiger partial charge in [0.05, 0.1) is 5.56 Å². The van der Waals surface area contributed by atoms with E-state index in [1.807, 2.05) is 24.4 Å². The lowest BCUT2D eigenvalue weighted by Gasteiger charge is -2.08. The molecule has 0 bridgehead atoms. The maximum atomic E-state index is 11.4. The highest BCUT2D eigenvalue weighted by Gasteiger charge is 2.12. The lowest BCUT2D eigenvalue weighted by Crippen LogP contribution is -2.17. The summed E-state index contributed by atoms with van der Waals surface area (Å²) in [5, 5.41) is 12.5. The molecular formula is C15H13Cl2N5O. The Kier molecular flexibility index (Phi) is 4.36. The van der Waals surface area contributed by atoms with Gasteiger partial charge in [-0.1, -0.05) is 23.2 Å². The lowest BCUT2D eigenvalue weighted by molar-refractivity contribution is 0.100. The zero-order valence-corrected chi connectivity index (χ0v) is 13.4. The van der Waals surface area contributed by atoms with E-state index in [4.69, 9.17) is 28.9 Å². The van der Waals surface area contributed by atoms with Crippen LogP contribution in [0.25, 0.3) is 10.9 Å². The van der Waals surface area contributed by atoms with E-state index >= 15 is 0 Å².